The highest BCUT2D eigenvalue weighted by Gasteiger charge is 2.22. The summed E-state index contributed by atoms with van der Waals surface area (Å²) < 4.78 is 31.7. The Morgan fingerprint density at radius 3 is 2.56 bits per heavy atom. The molecule has 0 saturated carbocycles. The number of hydrogen-bond acceptors (Lipinski definition) is 4. The molecule has 1 aromatic rings. The summed E-state index contributed by atoms with van der Waals surface area (Å²) in [6, 6.07) is 2.43. The predicted molar refractivity (Wildman–Crippen MR) is 68.0 cm³/mol. The molecule has 0 aliphatic heterocycles. The van der Waals surface area contributed by atoms with E-state index in [9.17, 15) is 13.2 Å². The number of pyridine rings is 1. The van der Waals surface area contributed by atoms with Crippen LogP contribution in [0.5, 0.6) is 0 Å². The molecule has 0 amide bonds. The summed E-state index contributed by atoms with van der Waals surface area (Å²) in [5, 5.41) is 0. The van der Waals surface area contributed by atoms with E-state index in [1.165, 1.54) is 18.3 Å². The first-order valence-electron chi connectivity index (χ1n) is 5.59. The molecule has 18 heavy (non-hydrogen) atoms. The topological polar surface area (TPSA) is 88.3 Å². The Bertz CT molecular complexity index is 528. The Balaban J connectivity index is 2.77. The molecule has 0 unspecified atom stereocenters. The van der Waals surface area contributed by atoms with Gasteiger partial charge >= 0.3 is 0 Å². The average Bonchev–Trinajstić information content (AvgIpc) is 2.27. The predicted octanol–water partition coefficient (Wildman–Crippen LogP) is 0.468. The third kappa shape index (κ3) is 4.25. The Kier molecular flexibility index (Phi) is 4.66. The van der Waals surface area contributed by atoms with Crippen LogP contribution in [0.15, 0.2) is 28.0 Å². The van der Waals surface area contributed by atoms with Crippen molar-refractivity contribution in [3.8, 4) is 0 Å². The van der Waals surface area contributed by atoms with Crippen LogP contribution >= 0.6 is 0 Å². The van der Waals surface area contributed by atoms with Crippen molar-refractivity contribution in [1.82, 2.24) is 9.71 Å². The van der Waals surface area contributed by atoms with Crippen molar-refractivity contribution in [2.45, 2.75) is 31.3 Å². The second-order valence-corrected chi connectivity index (χ2v) is 6.17. The number of nitrogens with one attached hydrogen (secondary N) is 2. The molecule has 0 aliphatic carbocycles. The Morgan fingerprint density at radius 2 is 2.06 bits per heavy atom. The molecule has 6 nitrogen and oxygen atoms in total. The Labute approximate surface area is 106 Å². The molecule has 0 aromatic carbocycles. The van der Waals surface area contributed by atoms with Gasteiger partial charge in [-0.2, -0.15) is 0 Å². The molecule has 1 rings (SSSR count). The van der Waals surface area contributed by atoms with E-state index in [1.54, 1.807) is 13.8 Å². The van der Waals surface area contributed by atoms with Crippen molar-refractivity contribution in [2.75, 3.05) is 13.2 Å². The van der Waals surface area contributed by atoms with Crippen molar-refractivity contribution in [1.29, 1.82) is 0 Å². The zero-order valence-corrected chi connectivity index (χ0v) is 11.5. The molecule has 0 aliphatic rings. The minimum atomic E-state index is -3.63. The van der Waals surface area contributed by atoms with Gasteiger partial charge in [-0.1, -0.05) is 0 Å². The molecule has 0 atom stereocenters. The highest BCUT2D eigenvalue weighted by molar-refractivity contribution is 7.89. The van der Waals surface area contributed by atoms with E-state index in [4.69, 9.17) is 4.74 Å². The quantitative estimate of drug-likeness (QED) is 0.789. The summed E-state index contributed by atoms with van der Waals surface area (Å²) in [6.07, 6.45) is 1.17. The standard InChI is InChI=1S/C11H18N2O4S/c1-4-17-11(2,3)8-13-18(15,16)9-5-6-10(14)12-7-9/h5-7,13H,4,8H2,1-3H3,(H,12,14). The van der Waals surface area contributed by atoms with E-state index < -0.39 is 15.6 Å². The summed E-state index contributed by atoms with van der Waals surface area (Å²) in [7, 11) is -3.63. The fraction of sp³-hybridized carbons (Fsp3) is 0.545. The van der Waals surface area contributed by atoms with E-state index in [1.807, 2.05) is 6.92 Å². The largest absolute Gasteiger partial charge is 0.375 e. The van der Waals surface area contributed by atoms with Gasteiger partial charge in [-0.15, -0.1) is 0 Å². The minimum absolute atomic E-state index is 0.0226. The first-order valence-corrected chi connectivity index (χ1v) is 7.07. The van der Waals surface area contributed by atoms with E-state index in [0.717, 1.165) is 0 Å². The molecule has 0 radical (unpaired) electrons. The monoisotopic (exact) mass is 274 g/mol. The first-order chi connectivity index (χ1) is 8.27. The maximum atomic E-state index is 11.9. The smallest absolute Gasteiger partial charge is 0.247 e. The summed E-state index contributed by atoms with van der Waals surface area (Å²) in [5.74, 6) is 0. The van der Waals surface area contributed by atoms with Gasteiger partial charge in [0.15, 0.2) is 0 Å². The van der Waals surface area contributed by atoms with Crippen LogP contribution in [0.4, 0.5) is 0 Å². The zero-order chi connectivity index (χ0) is 13.8. The van der Waals surface area contributed by atoms with Gasteiger partial charge in [-0.25, -0.2) is 13.1 Å². The van der Waals surface area contributed by atoms with Gasteiger partial charge in [-0.3, -0.25) is 4.79 Å². The molecule has 0 fully saturated rings. The van der Waals surface area contributed by atoms with Crippen LogP contribution in [-0.2, 0) is 14.8 Å². The third-order valence-electron chi connectivity index (χ3n) is 2.29. The van der Waals surface area contributed by atoms with Crippen molar-refractivity contribution >= 4 is 10.0 Å². The number of ether oxygens (including phenoxy) is 1. The van der Waals surface area contributed by atoms with Crippen molar-refractivity contribution in [3.63, 3.8) is 0 Å². The van der Waals surface area contributed by atoms with E-state index >= 15 is 0 Å². The van der Waals surface area contributed by atoms with Crippen LogP contribution in [0.25, 0.3) is 0 Å². The fourth-order valence-corrected chi connectivity index (χ4v) is 2.52. The van der Waals surface area contributed by atoms with Crippen LogP contribution in [0.3, 0.4) is 0 Å². The molecule has 0 saturated heterocycles. The molecule has 102 valence electrons. The van der Waals surface area contributed by atoms with Gasteiger partial charge in [0.2, 0.25) is 15.6 Å². The lowest BCUT2D eigenvalue weighted by Crippen LogP contribution is -2.40. The van der Waals surface area contributed by atoms with E-state index in [-0.39, 0.29) is 17.0 Å². The SMILES string of the molecule is CCOC(C)(C)CNS(=O)(=O)c1ccc(=O)[nH]c1. The first kappa shape index (κ1) is 14.9. The van der Waals surface area contributed by atoms with Gasteiger partial charge in [0, 0.05) is 25.4 Å². The highest BCUT2D eigenvalue weighted by Crippen LogP contribution is 2.10. The van der Waals surface area contributed by atoms with Gasteiger partial charge in [0.1, 0.15) is 0 Å². The lowest BCUT2D eigenvalue weighted by molar-refractivity contribution is -0.00515. The summed E-state index contributed by atoms with van der Waals surface area (Å²) in [5.41, 5.74) is -0.923. The number of aromatic amines is 1. The summed E-state index contributed by atoms with van der Waals surface area (Å²) >= 11 is 0. The molecule has 2 N–H and O–H groups in total. The van der Waals surface area contributed by atoms with Gasteiger partial charge in [-0.05, 0) is 26.8 Å². The van der Waals surface area contributed by atoms with Gasteiger partial charge in [0.05, 0.1) is 10.5 Å². The lowest BCUT2D eigenvalue weighted by Gasteiger charge is -2.24. The molecule has 1 heterocycles. The summed E-state index contributed by atoms with van der Waals surface area (Å²) in [4.78, 5) is 13.2. The molecule has 7 heteroatoms. The molecular weight excluding hydrogens is 256 g/mol. The Hall–Kier alpha value is -1.18. The van der Waals surface area contributed by atoms with Crippen LogP contribution in [0, 0.1) is 0 Å². The zero-order valence-electron chi connectivity index (χ0n) is 10.7. The van der Waals surface area contributed by atoms with Crippen molar-refractivity contribution in [2.24, 2.45) is 0 Å². The molecule has 0 bridgehead atoms. The van der Waals surface area contributed by atoms with Gasteiger partial charge < -0.3 is 9.72 Å². The third-order valence-corrected chi connectivity index (χ3v) is 3.69. The lowest BCUT2D eigenvalue weighted by atomic mass is 10.1. The van der Waals surface area contributed by atoms with Gasteiger partial charge in [0.25, 0.3) is 0 Å². The molecular formula is C11H18N2O4S. The normalized spacial score (nSPS) is 12.6. The maximum absolute atomic E-state index is 11.9. The molecule has 1 aromatic heterocycles. The second-order valence-electron chi connectivity index (χ2n) is 4.41. The van der Waals surface area contributed by atoms with E-state index in [0.29, 0.717) is 6.61 Å². The number of aromatic nitrogens is 1. The Morgan fingerprint density at radius 1 is 1.39 bits per heavy atom. The van der Waals surface area contributed by atoms with Crippen LogP contribution in [0.1, 0.15) is 20.8 Å². The van der Waals surface area contributed by atoms with Crippen LogP contribution in [0.2, 0.25) is 0 Å². The van der Waals surface area contributed by atoms with Crippen LogP contribution in [-0.4, -0.2) is 32.2 Å². The number of H-pyrrole nitrogens is 1. The number of hydrogen-bond donors (Lipinski definition) is 2. The fourth-order valence-electron chi connectivity index (χ4n) is 1.36. The highest BCUT2D eigenvalue weighted by atomic mass is 32.2. The number of rotatable bonds is 6. The molecule has 0 spiro atoms. The minimum Gasteiger partial charge on any atom is -0.375 e. The van der Waals surface area contributed by atoms with Crippen molar-refractivity contribution < 1.29 is 13.2 Å². The average molecular weight is 274 g/mol. The second kappa shape index (κ2) is 5.64. The maximum Gasteiger partial charge on any atom is 0.247 e. The van der Waals surface area contributed by atoms with Crippen LogP contribution < -0.4 is 10.3 Å². The summed E-state index contributed by atoms with van der Waals surface area (Å²) in [6.45, 7) is 6.10. The van der Waals surface area contributed by atoms with E-state index in [2.05, 4.69) is 9.71 Å². The van der Waals surface area contributed by atoms with Crippen molar-refractivity contribution in [3.05, 3.63) is 28.7 Å². The number of sulfonamides is 1.